The summed E-state index contributed by atoms with van der Waals surface area (Å²) >= 11 is 1.92. The average Bonchev–Trinajstić information content (AvgIpc) is 2.71. The van der Waals surface area contributed by atoms with Crippen LogP contribution in [0.3, 0.4) is 0 Å². The van der Waals surface area contributed by atoms with Crippen LogP contribution in [0.4, 0.5) is 8.78 Å². The van der Waals surface area contributed by atoms with Gasteiger partial charge in [-0.05, 0) is 28.7 Å². The van der Waals surface area contributed by atoms with Gasteiger partial charge in [0, 0.05) is 11.1 Å². The number of aromatic nitrogens is 2. The van der Waals surface area contributed by atoms with E-state index in [9.17, 15) is 8.78 Å². The Balaban J connectivity index is 2.63. The van der Waals surface area contributed by atoms with Gasteiger partial charge in [0.1, 0.15) is 15.1 Å². The van der Waals surface area contributed by atoms with Crippen LogP contribution < -0.4 is 4.74 Å². The number of nitrogens with zero attached hydrogens (tertiary/aromatic N) is 1. The summed E-state index contributed by atoms with van der Waals surface area (Å²) in [5.41, 5.74) is 0.834. The van der Waals surface area contributed by atoms with Gasteiger partial charge >= 0.3 is 0 Å². The lowest BCUT2D eigenvalue weighted by molar-refractivity contribution is 0.146. The highest BCUT2D eigenvalue weighted by molar-refractivity contribution is 14.1. The minimum absolute atomic E-state index is 0.182. The molecule has 0 saturated heterocycles. The second-order valence-electron chi connectivity index (χ2n) is 3.30. The van der Waals surface area contributed by atoms with Gasteiger partial charge in [-0.3, -0.25) is 5.10 Å². The smallest absolute Gasteiger partial charge is 0.280 e. The van der Waals surface area contributed by atoms with Gasteiger partial charge in [-0.1, -0.05) is 18.2 Å². The van der Waals surface area contributed by atoms with Crippen molar-refractivity contribution in [2.24, 2.45) is 0 Å². The van der Waals surface area contributed by atoms with Gasteiger partial charge < -0.3 is 4.74 Å². The fourth-order valence-corrected chi connectivity index (χ4v) is 2.30. The van der Waals surface area contributed by atoms with E-state index in [1.165, 1.54) is 7.11 Å². The standard InChI is InChI=1S/C11H9F2IN2O/c1-17-7-5-3-2-4-6(7)8-9(10(12)13)15-16-11(8)14/h2-5,10H,1H3,(H,15,16). The van der Waals surface area contributed by atoms with Crippen LogP contribution >= 0.6 is 22.6 Å². The van der Waals surface area contributed by atoms with E-state index >= 15 is 0 Å². The Hall–Kier alpha value is -1.18. The van der Waals surface area contributed by atoms with Crippen molar-refractivity contribution < 1.29 is 13.5 Å². The maximum absolute atomic E-state index is 12.8. The van der Waals surface area contributed by atoms with Crippen molar-refractivity contribution in [3.63, 3.8) is 0 Å². The van der Waals surface area contributed by atoms with E-state index in [0.29, 0.717) is 20.6 Å². The molecule has 0 atom stereocenters. The molecule has 0 amide bonds. The first kappa shape index (κ1) is 12.3. The van der Waals surface area contributed by atoms with Crippen LogP contribution in [0, 0.1) is 3.70 Å². The summed E-state index contributed by atoms with van der Waals surface area (Å²) in [5.74, 6) is 0.550. The first-order valence-electron chi connectivity index (χ1n) is 4.80. The third kappa shape index (κ3) is 2.26. The maximum atomic E-state index is 12.8. The van der Waals surface area contributed by atoms with E-state index in [4.69, 9.17) is 4.74 Å². The molecule has 0 fully saturated rings. The van der Waals surface area contributed by atoms with E-state index in [-0.39, 0.29) is 5.69 Å². The summed E-state index contributed by atoms with van der Waals surface area (Å²) in [6, 6.07) is 7.03. The summed E-state index contributed by atoms with van der Waals surface area (Å²) in [6.07, 6.45) is -2.59. The number of hydrogen-bond acceptors (Lipinski definition) is 2. The van der Waals surface area contributed by atoms with E-state index in [1.807, 2.05) is 22.6 Å². The lowest BCUT2D eigenvalue weighted by Crippen LogP contribution is -1.92. The van der Waals surface area contributed by atoms with Crippen molar-refractivity contribution in [3.8, 4) is 16.9 Å². The predicted molar refractivity (Wildman–Crippen MR) is 68.2 cm³/mol. The SMILES string of the molecule is COc1ccccc1-c1c(I)n[nH]c1C(F)F. The number of H-pyrrole nitrogens is 1. The van der Waals surface area contributed by atoms with Gasteiger partial charge in [-0.2, -0.15) is 5.10 Å². The van der Waals surface area contributed by atoms with Crippen LogP contribution in [0.25, 0.3) is 11.1 Å². The molecule has 1 aromatic carbocycles. The van der Waals surface area contributed by atoms with E-state index in [2.05, 4.69) is 10.2 Å². The Morgan fingerprint density at radius 1 is 1.35 bits per heavy atom. The molecule has 0 aliphatic rings. The van der Waals surface area contributed by atoms with Crippen molar-refractivity contribution in [3.05, 3.63) is 33.7 Å². The molecule has 0 bridgehead atoms. The average molecular weight is 350 g/mol. The van der Waals surface area contributed by atoms with Crippen LogP contribution in [0.15, 0.2) is 24.3 Å². The van der Waals surface area contributed by atoms with Gasteiger partial charge in [-0.15, -0.1) is 0 Å². The van der Waals surface area contributed by atoms with Gasteiger partial charge in [0.2, 0.25) is 0 Å². The molecular formula is C11H9F2IN2O. The Labute approximate surface area is 110 Å². The van der Waals surface area contributed by atoms with Crippen molar-refractivity contribution >= 4 is 22.6 Å². The highest BCUT2D eigenvalue weighted by Gasteiger charge is 2.22. The van der Waals surface area contributed by atoms with Gasteiger partial charge in [0.25, 0.3) is 6.43 Å². The third-order valence-corrected chi connectivity index (χ3v) is 3.13. The predicted octanol–water partition coefficient (Wildman–Crippen LogP) is 3.63. The van der Waals surface area contributed by atoms with Crippen LogP contribution in [-0.2, 0) is 0 Å². The van der Waals surface area contributed by atoms with Gasteiger partial charge in [0.05, 0.1) is 7.11 Å². The summed E-state index contributed by atoms with van der Waals surface area (Å²) in [4.78, 5) is 0. The normalized spacial score (nSPS) is 10.9. The highest BCUT2D eigenvalue weighted by atomic mass is 127. The number of halogens is 3. The Bertz CT molecular complexity index is 528. The second kappa shape index (κ2) is 4.99. The van der Waals surface area contributed by atoms with Crippen molar-refractivity contribution in [2.75, 3.05) is 7.11 Å². The minimum atomic E-state index is -2.59. The molecule has 90 valence electrons. The summed E-state index contributed by atoms with van der Waals surface area (Å²) in [5, 5.41) is 6.18. The highest BCUT2D eigenvalue weighted by Crippen LogP contribution is 2.37. The minimum Gasteiger partial charge on any atom is -0.496 e. The van der Waals surface area contributed by atoms with Crippen LogP contribution in [0.5, 0.6) is 5.75 Å². The van der Waals surface area contributed by atoms with E-state index in [1.54, 1.807) is 24.3 Å². The quantitative estimate of drug-likeness (QED) is 0.859. The topological polar surface area (TPSA) is 37.9 Å². The van der Waals surface area contributed by atoms with Crippen LogP contribution in [0.2, 0.25) is 0 Å². The second-order valence-corrected chi connectivity index (χ2v) is 4.33. The molecule has 1 heterocycles. The number of aromatic amines is 1. The first-order valence-corrected chi connectivity index (χ1v) is 5.88. The number of hydrogen-bond donors (Lipinski definition) is 1. The fourth-order valence-electron chi connectivity index (χ4n) is 1.60. The molecule has 0 radical (unpaired) electrons. The van der Waals surface area contributed by atoms with Crippen LogP contribution in [0.1, 0.15) is 12.1 Å². The number of nitrogens with one attached hydrogen (secondary N) is 1. The van der Waals surface area contributed by atoms with Gasteiger partial charge in [0.15, 0.2) is 0 Å². The Morgan fingerprint density at radius 2 is 2.06 bits per heavy atom. The fraction of sp³-hybridized carbons (Fsp3) is 0.182. The van der Waals surface area contributed by atoms with E-state index in [0.717, 1.165) is 0 Å². The molecule has 6 heteroatoms. The molecule has 0 saturated carbocycles. The molecular weight excluding hydrogens is 341 g/mol. The molecule has 0 spiro atoms. The molecule has 0 aliphatic heterocycles. The zero-order chi connectivity index (χ0) is 12.4. The lowest BCUT2D eigenvalue weighted by Gasteiger charge is -2.08. The van der Waals surface area contributed by atoms with Crippen molar-refractivity contribution in [2.45, 2.75) is 6.43 Å². The number of benzene rings is 1. The Kier molecular flexibility index (Phi) is 3.60. The first-order chi connectivity index (χ1) is 8.15. The zero-order valence-corrected chi connectivity index (χ0v) is 11.0. The summed E-state index contributed by atoms with van der Waals surface area (Å²) < 4.78 is 31.4. The number of rotatable bonds is 3. The van der Waals surface area contributed by atoms with Crippen LogP contribution in [-0.4, -0.2) is 17.3 Å². The lowest BCUT2D eigenvalue weighted by atomic mass is 10.1. The number of methoxy groups -OCH3 is 1. The molecule has 2 aromatic rings. The Morgan fingerprint density at radius 3 is 2.71 bits per heavy atom. The number of ether oxygens (including phenoxy) is 1. The van der Waals surface area contributed by atoms with E-state index < -0.39 is 6.43 Å². The van der Waals surface area contributed by atoms with Crippen molar-refractivity contribution in [1.29, 1.82) is 0 Å². The molecule has 1 N–H and O–H groups in total. The monoisotopic (exact) mass is 350 g/mol. The molecule has 0 unspecified atom stereocenters. The number of para-hydroxylation sites is 1. The van der Waals surface area contributed by atoms with Crippen molar-refractivity contribution in [1.82, 2.24) is 10.2 Å². The summed E-state index contributed by atoms with van der Waals surface area (Å²) in [6.45, 7) is 0. The maximum Gasteiger partial charge on any atom is 0.280 e. The molecule has 0 aliphatic carbocycles. The van der Waals surface area contributed by atoms with Gasteiger partial charge in [-0.25, -0.2) is 8.78 Å². The summed E-state index contributed by atoms with van der Waals surface area (Å²) in [7, 11) is 1.51. The number of alkyl halides is 2. The third-order valence-electron chi connectivity index (χ3n) is 2.34. The zero-order valence-electron chi connectivity index (χ0n) is 8.88. The largest absolute Gasteiger partial charge is 0.496 e. The molecule has 1 aromatic heterocycles. The molecule has 2 rings (SSSR count). The molecule has 3 nitrogen and oxygen atoms in total. The molecule has 17 heavy (non-hydrogen) atoms.